The van der Waals surface area contributed by atoms with Crippen LogP contribution in [-0.2, 0) is 6.54 Å². The second-order valence-electron chi connectivity index (χ2n) is 4.54. The predicted octanol–water partition coefficient (Wildman–Crippen LogP) is 2.46. The van der Waals surface area contributed by atoms with Crippen molar-refractivity contribution >= 4 is 0 Å². The van der Waals surface area contributed by atoms with Crippen LogP contribution < -0.4 is 0 Å². The van der Waals surface area contributed by atoms with Crippen molar-refractivity contribution in [2.45, 2.75) is 25.9 Å². The third-order valence-corrected chi connectivity index (χ3v) is 3.29. The van der Waals surface area contributed by atoms with Gasteiger partial charge in [0.2, 0.25) is 11.8 Å². The van der Waals surface area contributed by atoms with E-state index in [1.165, 1.54) is 12.1 Å². The normalized spacial score (nSPS) is 19.8. The van der Waals surface area contributed by atoms with Crippen molar-refractivity contribution in [3.05, 3.63) is 47.4 Å². The van der Waals surface area contributed by atoms with Gasteiger partial charge in [0, 0.05) is 19.5 Å². The highest BCUT2D eigenvalue weighted by Crippen LogP contribution is 2.34. The maximum atomic E-state index is 12.9. The van der Waals surface area contributed by atoms with E-state index in [-0.39, 0.29) is 5.82 Å². The number of hydrogen-bond acceptors (Lipinski definition) is 4. The number of rotatable bonds is 3. The first-order valence-electron chi connectivity index (χ1n) is 6.01. The molecule has 4 nitrogen and oxygen atoms in total. The van der Waals surface area contributed by atoms with Crippen LogP contribution in [0.3, 0.4) is 0 Å². The molecule has 0 amide bonds. The number of aromatic nitrogens is 2. The molecule has 94 valence electrons. The lowest BCUT2D eigenvalue weighted by molar-refractivity contribution is 0.0712. The minimum atomic E-state index is -0.197. The molecule has 0 unspecified atom stereocenters. The fourth-order valence-corrected chi connectivity index (χ4v) is 2.27. The summed E-state index contributed by atoms with van der Waals surface area (Å²) in [6.45, 7) is 3.44. The summed E-state index contributed by atoms with van der Waals surface area (Å²) in [5.74, 6) is 1.03. The van der Waals surface area contributed by atoms with E-state index >= 15 is 0 Å². The Balaban J connectivity index is 1.70. The number of halogens is 1. The molecule has 5 heteroatoms. The fraction of sp³-hybridized carbons (Fsp3) is 0.385. The number of aryl methyl sites for hydroxylation is 1. The van der Waals surface area contributed by atoms with Gasteiger partial charge in [-0.25, -0.2) is 4.39 Å². The van der Waals surface area contributed by atoms with Gasteiger partial charge >= 0.3 is 0 Å². The first kappa shape index (κ1) is 11.3. The molecule has 0 bridgehead atoms. The molecule has 1 aliphatic heterocycles. The largest absolute Gasteiger partial charge is 0.424 e. The molecular weight excluding hydrogens is 233 g/mol. The Bertz CT molecular complexity index is 537. The summed E-state index contributed by atoms with van der Waals surface area (Å²) >= 11 is 0. The molecule has 1 aliphatic rings. The van der Waals surface area contributed by atoms with E-state index in [1.807, 2.05) is 12.1 Å². The van der Waals surface area contributed by atoms with Crippen molar-refractivity contribution in [1.82, 2.24) is 15.1 Å². The molecule has 0 saturated carbocycles. The summed E-state index contributed by atoms with van der Waals surface area (Å²) in [6, 6.07) is 7.01. The number of likely N-dealkylation sites (tertiary alicyclic amines) is 1. The Hall–Kier alpha value is -1.75. The van der Waals surface area contributed by atoms with Gasteiger partial charge in [-0.3, -0.25) is 4.90 Å². The highest BCUT2D eigenvalue weighted by Gasteiger charge is 2.30. The van der Waals surface area contributed by atoms with E-state index in [1.54, 1.807) is 6.92 Å². The van der Waals surface area contributed by atoms with Gasteiger partial charge < -0.3 is 4.42 Å². The van der Waals surface area contributed by atoms with Crippen LogP contribution in [0.2, 0.25) is 0 Å². The smallest absolute Gasteiger partial charge is 0.230 e. The lowest BCUT2D eigenvalue weighted by atomic mass is 9.95. The molecule has 2 heterocycles. The Kier molecular flexibility index (Phi) is 2.83. The SMILES string of the molecule is Cc1nnc(CN2CC[C@@H]2c2ccc(F)cc2)o1. The van der Waals surface area contributed by atoms with E-state index in [0.717, 1.165) is 18.5 Å². The Labute approximate surface area is 104 Å². The minimum Gasteiger partial charge on any atom is -0.424 e. The van der Waals surface area contributed by atoms with Crippen molar-refractivity contribution in [1.29, 1.82) is 0 Å². The summed E-state index contributed by atoms with van der Waals surface area (Å²) < 4.78 is 18.2. The predicted molar refractivity (Wildman–Crippen MR) is 63.2 cm³/mol. The second-order valence-corrected chi connectivity index (χ2v) is 4.54. The van der Waals surface area contributed by atoms with Crippen molar-refractivity contribution in [2.24, 2.45) is 0 Å². The van der Waals surface area contributed by atoms with E-state index in [2.05, 4.69) is 15.1 Å². The Morgan fingerprint density at radius 2 is 2.11 bits per heavy atom. The van der Waals surface area contributed by atoms with E-state index in [0.29, 0.717) is 24.4 Å². The standard InChI is InChI=1S/C13H14FN3O/c1-9-15-16-13(18-9)8-17-7-6-12(17)10-2-4-11(14)5-3-10/h2-5,12H,6-8H2,1H3/t12-/m1/s1. The van der Waals surface area contributed by atoms with Gasteiger partial charge in [-0.05, 0) is 24.1 Å². The molecule has 1 saturated heterocycles. The van der Waals surface area contributed by atoms with Crippen molar-refractivity contribution in [3.8, 4) is 0 Å². The molecule has 0 N–H and O–H groups in total. The fourth-order valence-electron chi connectivity index (χ4n) is 2.27. The van der Waals surface area contributed by atoms with Gasteiger partial charge in [0.15, 0.2) is 0 Å². The third kappa shape index (κ3) is 2.13. The molecule has 0 radical (unpaired) electrons. The summed E-state index contributed by atoms with van der Waals surface area (Å²) in [6.07, 6.45) is 1.08. The molecule has 1 aromatic heterocycles. The van der Waals surface area contributed by atoms with Gasteiger partial charge in [0.1, 0.15) is 5.82 Å². The molecule has 0 spiro atoms. The average molecular weight is 247 g/mol. The lowest BCUT2D eigenvalue weighted by Crippen LogP contribution is -2.40. The van der Waals surface area contributed by atoms with Crippen LogP contribution in [0.15, 0.2) is 28.7 Å². The van der Waals surface area contributed by atoms with Crippen LogP contribution in [0.4, 0.5) is 4.39 Å². The zero-order valence-electron chi connectivity index (χ0n) is 10.1. The number of benzene rings is 1. The molecule has 18 heavy (non-hydrogen) atoms. The van der Waals surface area contributed by atoms with Gasteiger partial charge in [-0.15, -0.1) is 10.2 Å². The van der Waals surface area contributed by atoms with Crippen molar-refractivity contribution in [2.75, 3.05) is 6.54 Å². The van der Waals surface area contributed by atoms with Crippen molar-refractivity contribution < 1.29 is 8.81 Å². The van der Waals surface area contributed by atoms with E-state index in [4.69, 9.17) is 4.42 Å². The average Bonchev–Trinajstić information content (AvgIpc) is 2.74. The zero-order chi connectivity index (χ0) is 12.5. The highest BCUT2D eigenvalue weighted by atomic mass is 19.1. The maximum Gasteiger partial charge on any atom is 0.230 e. The third-order valence-electron chi connectivity index (χ3n) is 3.29. The summed E-state index contributed by atoms with van der Waals surface area (Å²) in [5.41, 5.74) is 1.14. The molecule has 1 aromatic carbocycles. The topological polar surface area (TPSA) is 42.2 Å². The summed E-state index contributed by atoms with van der Waals surface area (Å²) in [4.78, 5) is 2.25. The van der Waals surface area contributed by atoms with Crippen LogP contribution >= 0.6 is 0 Å². The molecule has 1 atom stereocenters. The van der Waals surface area contributed by atoms with E-state index in [9.17, 15) is 4.39 Å². The monoisotopic (exact) mass is 247 g/mol. The zero-order valence-corrected chi connectivity index (χ0v) is 10.1. The van der Waals surface area contributed by atoms with Crippen molar-refractivity contribution in [3.63, 3.8) is 0 Å². The molecule has 0 aliphatic carbocycles. The number of hydrogen-bond donors (Lipinski definition) is 0. The first-order chi connectivity index (χ1) is 8.72. The Morgan fingerprint density at radius 1 is 1.33 bits per heavy atom. The van der Waals surface area contributed by atoms with Gasteiger partial charge in [0.25, 0.3) is 0 Å². The van der Waals surface area contributed by atoms with Crippen LogP contribution in [0, 0.1) is 12.7 Å². The maximum absolute atomic E-state index is 12.9. The molecular formula is C13H14FN3O. The van der Waals surface area contributed by atoms with Crippen LogP contribution in [0.5, 0.6) is 0 Å². The molecule has 1 fully saturated rings. The first-order valence-corrected chi connectivity index (χ1v) is 6.01. The molecule has 2 aromatic rings. The van der Waals surface area contributed by atoms with Crippen LogP contribution in [-0.4, -0.2) is 21.6 Å². The van der Waals surface area contributed by atoms with Crippen LogP contribution in [0.1, 0.15) is 29.8 Å². The highest BCUT2D eigenvalue weighted by molar-refractivity contribution is 5.22. The van der Waals surface area contributed by atoms with Gasteiger partial charge in [-0.2, -0.15) is 0 Å². The lowest BCUT2D eigenvalue weighted by Gasteiger charge is -2.40. The minimum absolute atomic E-state index is 0.197. The Morgan fingerprint density at radius 3 is 2.67 bits per heavy atom. The van der Waals surface area contributed by atoms with Crippen LogP contribution in [0.25, 0.3) is 0 Å². The number of nitrogens with zero attached hydrogens (tertiary/aromatic N) is 3. The molecule has 3 rings (SSSR count). The van der Waals surface area contributed by atoms with Gasteiger partial charge in [-0.1, -0.05) is 12.1 Å². The summed E-state index contributed by atoms with van der Waals surface area (Å²) in [7, 11) is 0. The second kappa shape index (κ2) is 4.49. The summed E-state index contributed by atoms with van der Waals surface area (Å²) in [5, 5.41) is 7.81. The van der Waals surface area contributed by atoms with Gasteiger partial charge in [0.05, 0.1) is 6.54 Å². The quantitative estimate of drug-likeness (QED) is 0.835. The van der Waals surface area contributed by atoms with E-state index < -0.39 is 0 Å².